The number of hydrogen-bond acceptors (Lipinski definition) is 4. The zero-order chi connectivity index (χ0) is 15.1. The summed E-state index contributed by atoms with van der Waals surface area (Å²) in [4.78, 5) is 12.3. The predicted octanol–water partition coefficient (Wildman–Crippen LogP) is 1.87. The maximum atomic E-state index is 12.3. The molecule has 0 saturated carbocycles. The van der Waals surface area contributed by atoms with Crippen LogP contribution < -0.4 is 5.56 Å². The van der Waals surface area contributed by atoms with Crippen LogP contribution >= 0.6 is 11.6 Å². The van der Waals surface area contributed by atoms with Gasteiger partial charge in [-0.3, -0.25) is 4.79 Å². The van der Waals surface area contributed by atoms with Gasteiger partial charge in [0.15, 0.2) is 9.84 Å². The Bertz CT molecular complexity index is 825. The van der Waals surface area contributed by atoms with E-state index in [-0.39, 0.29) is 12.1 Å². The maximum absolute atomic E-state index is 12.3. The van der Waals surface area contributed by atoms with Crippen molar-refractivity contribution in [2.45, 2.75) is 25.1 Å². The van der Waals surface area contributed by atoms with Crippen molar-refractivity contribution in [1.82, 2.24) is 9.78 Å². The zero-order valence-electron chi connectivity index (χ0n) is 11.4. The average Bonchev–Trinajstić information content (AvgIpc) is 2.32. The molecular formula is C13H15ClN2O3S. The Balaban J connectivity index is 2.58. The molecule has 0 aliphatic carbocycles. The summed E-state index contributed by atoms with van der Waals surface area (Å²) in [7, 11) is -3.30. The maximum Gasteiger partial charge on any atom is 0.274 e. The van der Waals surface area contributed by atoms with Crippen LogP contribution in [0, 0.1) is 0 Å². The van der Waals surface area contributed by atoms with Crippen LogP contribution in [-0.2, 0) is 16.4 Å². The van der Waals surface area contributed by atoms with Gasteiger partial charge in [-0.2, -0.15) is 5.10 Å². The monoisotopic (exact) mass is 314 g/mol. The number of benzene rings is 1. The number of rotatable bonds is 3. The molecule has 0 bridgehead atoms. The number of nitrogens with zero attached hydrogens (tertiary/aromatic N) is 2. The van der Waals surface area contributed by atoms with Crippen molar-refractivity contribution in [3.63, 3.8) is 0 Å². The van der Waals surface area contributed by atoms with E-state index >= 15 is 0 Å². The third-order valence-electron chi connectivity index (χ3n) is 3.35. The van der Waals surface area contributed by atoms with Crippen LogP contribution in [0.25, 0.3) is 10.8 Å². The van der Waals surface area contributed by atoms with Gasteiger partial charge in [-0.15, -0.1) is 0 Å². The average molecular weight is 315 g/mol. The van der Waals surface area contributed by atoms with Crippen LogP contribution in [0.1, 0.15) is 13.8 Å². The molecule has 0 aliphatic rings. The molecule has 0 aliphatic heterocycles. The minimum Gasteiger partial charge on any atom is -0.267 e. The van der Waals surface area contributed by atoms with E-state index in [0.717, 1.165) is 6.26 Å². The Hall–Kier alpha value is -1.40. The smallest absolute Gasteiger partial charge is 0.267 e. The summed E-state index contributed by atoms with van der Waals surface area (Å²) in [5.41, 5.74) is -0.346. The van der Waals surface area contributed by atoms with E-state index < -0.39 is 14.6 Å². The minimum absolute atomic E-state index is 0.00683. The molecule has 2 rings (SSSR count). The lowest BCUT2D eigenvalue weighted by molar-refractivity contribution is 0.465. The number of sulfone groups is 1. The molecule has 0 atom stereocenters. The Morgan fingerprint density at radius 2 is 2.00 bits per heavy atom. The van der Waals surface area contributed by atoms with Crippen molar-refractivity contribution in [3.05, 3.63) is 39.8 Å². The van der Waals surface area contributed by atoms with Crippen LogP contribution in [-0.4, -0.2) is 29.2 Å². The van der Waals surface area contributed by atoms with E-state index in [0.29, 0.717) is 15.8 Å². The highest BCUT2D eigenvalue weighted by molar-refractivity contribution is 7.92. The lowest BCUT2D eigenvalue weighted by atomic mass is 10.2. The summed E-state index contributed by atoms with van der Waals surface area (Å²) < 4.78 is 23.5. The molecule has 20 heavy (non-hydrogen) atoms. The van der Waals surface area contributed by atoms with E-state index in [9.17, 15) is 13.2 Å². The number of aromatic nitrogens is 2. The molecule has 1 aromatic carbocycles. The second-order valence-corrected chi connectivity index (χ2v) is 8.46. The van der Waals surface area contributed by atoms with Crippen molar-refractivity contribution in [2.24, 2.45) is 0 Å². The van der Waals surface area contributed by atoms with Crippen LogP contribution in [0.2, 0.25) is 5.02 Å². The highest BCUT2D eigenvalue weighted by atomic mass is 35.5. The Labute approximate surface area is 122 Å². The first-order valence-corrected chi connectivity index (χ1v) is 8.24. The van der Waals surface area contributed by atoms with Gasteiger partial charge in [-0.05, 0) is 26.0 Å². The summed E-state index contributed by atoms with van der Waals surface area (Å²) in [5.74, 6) is 0. The highest BCUT2D eigenvalue weighted by Crippen LogP contribution is 2.18. The Morgan fingerprint density at radius 3 is 2.60 bits per heavy atom. The third kappa shape index (κ3) is 2.71. The van der Waals surface area contributed by atoms with E-state index in [1.807, 2.05) is 0 Å². The lowest BCUT2D eigenvalue weighted by Gasteiger charge is -2.22. The van der Waals surface area contributed by atoms with Gasteiger partial charge in [0.2, 0.25) is 0 Å². The molecule has 0 N–H and O–H groups in total. The van der Waals surface area contributed by atoms with Crippen molar-refractivity contribution >= 4 is 32.2 Å². The summed E-state index contributed by atoms with van der Waals surface area (Å²) in [6, 6.07) is 4.94. The molecule has 5 nitrogen and oxygen atoms in total. The molecule has 1 heterocycles. The number of hydrogen-bond donors (Lipinski definition) is 0. The van der Waals surface area contributed by atoms with Crippen LogP contribution in [0.15, 0.2) is 29.2 Å². The molecule has 0 spiro atoms. The molecule has 0 unspecified atom stereocenters. The number of fused-ring (bicyclic) bond motifs is 1. The van der Waals surface area contributed by atoms with E-state index in [1.165, 1.54) is 10.9 Å². The van der Waals surface area contributed by atoms with E-state index in [2.05, 4.69) is 5.10 Å². The second-order valence-electron chi connectivity index (χ2n) is 5.37. The largest absolute Gasteiger partial charge is 0.274 e. The van der Waals surface area contributed by atoms with Crippen LogP contribution in [0.4, 0.5) is 0 Å². The van der Waals surface area contributed by atoms with Crippen molar-refractivity contribution in [3.8, 4) is 0 Å². The molecule has 0 fully saturated rings. The van der Waals surface area contributed by atoms with Gasteiger partial charge < -0.3 is 0 Å². The standard InChI is InChI=1S/C13H15ClN2O3S/c1-13(2,20(3,18)19)8-16-12(17)11-6-10(14)5-4-9(11)7-15-16/h4-7H,8H2,1-3H3. The number of halogens is 1. The fourth-order valence-electron chi connectivity index (χ4n) is 1.74. The summed E-state index contributed by atoms with van der Waals surface area (Å²) in [6.07, 6.45) is 2.68. The molecular weight excluding hydrogens is 300 g/mol. The first-order chi connectivity index (χ1) is 9.12. The molecule has 2 aromatic rings. The summed E-state index contributed by atoms with van der Waals surface area (Å²) >= 11 is 5.88. The van der Waals surface area contributed by atoms with E-state index in [1.54, 1.807) is 32.0 Å². The first-order valence-electron chi connectivity index (χ1n) is 5.97. The van der Waals surface area contributed by atoms with Gasteiger partial charge in [0.25, 0.3) is 5.56 Å². The summed E-state index contributed by atoms with van der Waals surface area (Å²) in [5, 5.41) is 5.59. The Morgan fingerprint density at radius 1 is 1.35 bits per heavy atom. The topological polar surface area (TPSA) is 69.0 Å². The zero-order valence-corrected chi connectivity index (χ0v) is 13.0. The SMILES string of the molecule is CC(C)(Cn1ncc2ccc(Cl)cc2c1=O)S(C)(=O)=O. The van der Waals surface area contributed by atoms with Gasteiger partial charge >= 0.3 is 0 Å². The molecule has 108 valence electrons. The first kappa shape index (κ1) is 15.0. The van der Waals surface area contributed by atoms with E-state index in [4.69, 9.17) is 11.6 Å². The highest BCUT2D eigenvalue weighted by Gasteiger charge is 2.31. The van der Waals surface area contributed by atoms with Gasteiger partial charge in [0.05, 0.1) is 22.9 Å². The van der Waals surface area contributed by atoms with Gasteiger partial charge in [0, 0.05) is 16.7 Å². The quantitative estimate of drug-likeness (QED) is 0.867. The minimum atomic E-state index is -3.30. The van der Waals surface area contributed by atoms with Gasteiger partial charge in [0.1, 0.15) is 0 Å². The predicted molar refractivity (Wildman–Crippen MR) is 79.9 cm³/mol. The lowest BCUT2D eigenvalue weighted by Crippen LogP contribution is -2.40. The van der Waals surface area contributed by atoms with Crippen molar-refractivity contribution in [2.75, 3.05) is 6.26 Å². The Kier molecular flexibility index (Phi) is 3.64. The van der Waals surface area contributed by atoms with Crippen LogP contribution in [0.5, 0.6) is 0 Å². The van der Waals surface area contributed by atoms with Gasteiger partial charge in [-0.25, -0.2) is 13.1 Å². The van der Waals surface area contributed by atoms with Gasteiger partial charge in [-0.1, -0.05) is 17.7 Å². The molecule has 7 heteroatoms. The molecule has 0 saturated heterocycles. The molecule has 0 amide bonds. The summed E-state index contributed by atoms with van der Waals surface area (Å²) in [6.45, 7) is 3.13. The third-order valence-corrected chi connectivity index (χ3v) is 5.72. The van der Waals surface area contributed by atoms with Crippen molar-refractivity contribution < 1.29 is 8.42 Å². The van der Waals surface area contributed by atoms with Crippen LogP contribution in [0.3, 0.4) is 0 Å². The normalized spacial score (nSPS) is 12.8. The van der Waals surface area contributed by atoms with Crippen molar-refractivity contribution in [1.29, 1.82) is 0 Å². The molecule has 0 radical (unpaired) electrons. The fourth-order valence-corrected chi connectivity index (χ4v) is 2.27. The fraction of sp³-hybridized carbons (Fsp3) is 0.385. The molecule has 1 aromatic heterocycles. The second kappa shape index (κ2) is 4.86.